The van der Waals surface area contributed by atoms with Gasteiger partial charge >= 0.3 is 0 Å². The predicted molar refractivity (Wildman–Crippen MR) is 49.2 cm³/mol. The third-order valence-electron chi connectivity index (χ3n) is 1.69. The number of rotatable bonds is 3. The first-order chi connectivity index (χ1) is 6.15. The fraction of sp³-hybridized carbons (Fsp3) is 0.333. The predicted octanol–water partition coefficient (Wildman–Crippen LogP) is 2.71. The summed E-state index contributed by atoms with van der Waals surface area (Å²) >= 11 is 5.50. The molecule has 0 spiro atoms. The normalized spacial score (nSPS) is 12.9. The van der Waals surface area contributed by atoms with Crippen LogP contribution in [-0.2, 0) is 0 Å². The lowest BCUT2D eigenvalue weighted by atomic mass is 10.1. The van der Waals surface area contributed by atoms with Gasteiger partial charge in [-0.3, -0.25) is 0 Å². The fourth-order valence-corrected chi connectivity index (χ4v) is 1.19. The fourth-order valence-electron chi connectivity index (χ4n) is 1.00. The molecule has 1 atom stereocenters. The number of benzene rings is 1. The highest BCUT2D eigenvalue weighted by molar-refractivity contribution is 6.30. The van der Waals surface area contributed by atoms with Gasteiger partial charge in [-0.05, 0) is 24.7 Å². The van der Waals surface area contributed by atoms with Crippen LogP contribution in [-0.4, -0.2) is 13.6 Å². The van der Waals surface area contributed by atoms with Crippen LogP contribution in [0.15, 0.2) is 18.2 Å². The van der Waals surface area contributed by atoms with Crippen LogP contribution < -0.4 is 5.32 Å². The molecule has 1 nitrogen and oxygen atoms in total. The van der Waals surface area contributed by atoms with E-state index in [2.05, 4.69) is 5.32 Å². The van der Waals surface area contributed by atoms with Crippen LogP contribution in [0.3, 0.4) is 0 Å². The van der Waals surface area contributed by atoms with Gasteiger partial charge in [0.2, 0.25) is 0 Å². The van der Waals surface area contributed by atoms with Gasteiger partial charge in [0.15, 0.2) is 0 Å². The number of nitrogens with one attached hydrogen (secondary N) is 1. The van der Waals surface area contributed by atoms with Crippen molar-refractivity contribution in [2.45, 2.75) is 6.17 Å². The molecule has 0 saturated carbocycles. The molecule has 1 unspecified atom stereocenters. The van der Waals surface area contributed by atoms with Crippen molar-refractivity contribution in [1.82, 2.24) is 5.32 Å². The Hall–Kier alpha value is -0.670. The molecule has 0 fully saturated rings. The Kier molecular flexibility index (Phi) is 3.63. The zero-order valence-electron chi connectivity index (χ0n) is 7.15. The molecule has 4 heteroatoms. The summed E-state index contributed by atoms with van der Waals surface area (Å²) in [7, 11) is 1.65. The minimum absolute atomic E-state index is 0.0451. The molecule has 0 aliphatic heterocycles. The lowest BCUT2D eigenvalue weighted by Gasteiger charge is -2.07. The smallest absolute Gasteiger partial charge is 0.141 e. The van der Waals surface area contributed by atoms with Gasteiger partial charge in [-0.15, -0.1) is 0 Å². The number of hydrogen-bond donors (Lipinski definition) is 1. The van der Waals surface area contributed by atoms with Crippen molar-refractivity contribution in [2.75, 3.05) is 13.6 Å². The van der Waals surface area contributed by atoms with E-state index in [-0.39, 0.29) is 11.6 Å². The molecule has 0 saturated heterocycles. The second-order valence-corrected chi connectivity index (χ2v) is 3.11. The van der Waals surface area contributed by atoms with Crippen LogP contribution >= 0.6 is 11.6 Å². The van der Waals surface area contributed by atoms with E-state index in [0.717, 1.165) is 0 Å². The molecule has 0 amide bonds. The lowest BCUT2D eigenvalue weighted by Crippen LogP contribution is -2.13. The molecule has 13 heavy (non-hydrogen) atoms. The summed E-state index contributed by atoms with van der Waals surface area (Å²) < 4.78 is 25.9. The molecule has 1 rings (SSSR count). The van der Waals surface area contributed by atoms with E-state index in [4.69, 9.17) is 11.6 Å². The Labute approximate surface area is 80.7 Å². The van der Waals surface area contributed by atoms with Crippen molar-refractivity contribution in [3.63, 3.8) is 0 Å². The van der Waals surface area contributed by atoms with E-state index >= 15 is 0 Å². The quantitative estimate of drug-likeness (QED) is 0.800. The first-order valence-electron chi connectivity index (χ1n) is 3.88. The maximum absolute atomic E-state index is 13.2. The molecular weight excluding hydrogens is 196 g/mol. The van der Waals surface area contributed by atoms with Crippen molar-refractivity contribution in [3.8, 4) is 0 Å². The van der Waals surface area contributed by atoms with Crippen LogP contribution in [0, 0.1) is 5.82 Å². The molecule has 1 aromatic carbocycles. The highest BCUT2D eigenvalue weighted by atomic mass is 35.5. The van der Waals surface area contributed by atoms with E-state index in [9.17, 15) is 8.78 Å². The van der Waals surface area contributed by atoms with E-state index < -0.39 is 12.0 Å². The molecule has 0 aliphatic carbocycles. The summed E-state index contributed by atoms with van der Waals surface area (Å²) in [5.41, 5.74) is 0.390. The van der Waals surface area contributed by atoms with Crippen molar-refractivity contribution < 1.29 is 8.78 Å². The molecule has 0 radical (unpaired) electrons. The molecule has 0 aromatic heterocycles. The Morgan fingerprint density at radius 1 is 1.54 bits per heavy atom. The summed E-state index contributed by atoms with van der Waals surface area (Å²) in [6, 6.07) is 3.86. The summed E-state index contributed by atoms with van der Waals surface area (Å²) in [6.07, 6.45) is -1.15. The van der Waals surface area contributed by atoms with Crippen molar-refractivity contribution in [1.29, 1.82) is 0 Å². The molecule has 1 N–H and O–H groups in total. The van der Waals surface area contributed by atoms with Gasteiger partial charge < -0.3 is 5.32 Å². The standard InChI is InChI=1S/C9H10ClF2N/c1-13-5-9(12)6-2-3-8(11)7(10)4-6/h2-4,9,13H,5H2,1H3. The monoisotopic (exact) mass is 205 g/mol. The summed E-state index contributed by atoms with van der Waals surface area (Å²) in [5.74, 6) is -0.526. The molecule has 72 valence electrons. The van der Waals surface area contributed by atoms with Crippen molar-refractivity contribution >= 4 is 11.6 Å². The molecule has 0 bridgehead atoms. The van der Waals surface area contributed by atoms with Crippen molar-refractivity contribution in [2.24, 2.45) is 0 Å². The number of hydrogen-bond acceptors (Lipinski definition) is 1. The highest BCUT2D eigenvalue weighted by Gasteiger charge is 2.10. The molecule has 1 aromatic rings. The summed E-state index contributed by atoms with van der Waals surface area (Å²) in [4.78, 5) is 0. The minimum atomic E-state index is -1.15. The Balaban J connectivity index is 2.84. The highest BCUT2D eigenvalue weighted by Crippen LogP contribution is 2.22. The van der Waals surface area contributed by atoms with Gasteiger partial charge in [0, 0.05) is 6.54 Å². The topological polar surface area (TPSA) is 12.0 Å². The Bertz CT molecular complexity index is 291. The Morgan fingerprint density at radius 2 is 2.23 bits per heavy atom. The lowest BCUT2D eigenvalue weighted by molar-refractivity contribution is 0.335. The first kappa shape index (κ1) is 10.4. The van der Waals surface area contributed by atoms with Crippen LogP contribution in [0.1, 0.15) is 11.7 Å². The van der Waals surface area contributed by atoms with E-state index in [1.54, 1.807) is 7.05 Å². The van der Waals surface area contributed by atoms with Gasteiger partial charge in [0.25, 0.3) is 0 Å². The van der Waals surface area contributed by atoms with Crippen LogP contribution in [0.25, 0.3) is 0 Å². The van der Waals surface area contributed by atoms with Crippen LogP contribution in [0.5, 0.6) is 0 Å². The maximum atomic E-state index is 13.2. The van der Waals surface area contributed by atoms with Crippen LogP contribution in [0.2, 0.25) is 5.02 Å². The number of likely N-dealkylation sites (N-methyl/N-ethyl adjacent to an activating group) is 1. The van der Waals surface area contributed by atoms with Crippen LogP contribution in [0.4, 0.5) is 8.78 Å². The Morgan fingerprint density at radius 3 is 2.77 bits per heavy atom. The maximum Gasteiger partial charge on any atom is 0.141 e. The van der Waals surface area contributed by atoms with Gasteiger partial charge in [-0.1, -0.05) is 17.7 Å². The van der Waals surface area contributed by atoms with Gasteiger partial charge in [0.05, 0.1) is 5.02 Å². The summed E-state index contributed by atoms with van der Waals surface area (Å²) in [6.45, 7) is 0.196. The van der Waals surface area contributed by atoms with Gasteiger partial charge in [-0.2, -0.15) is 0 Å². The number of alkyl halides is 1. The molecule has 0 heterocycles. The minimum Gasteiger partial charge on any atom is -0.317 e. The SMILES string of the molecule is CNCC(F)c1ccc(F)c(Cl)c1. The number of halogens is 3. The average molecular weight is 206 g/mol. The largest absolute Gasteiger partial charge is 0.317 e. The molecular formula is C9H10ClF2N. The second-order valence-electron chi connectivity index (χ2n) is 2.70. The second kappa shape index (κ2) is 4.53. The average Bonchev–Trinajstić information content (AvgIpc) is 2.10. The van der Waals surface area contributed by atoms with Gasteiger partial charge in [-0.25, -0.2) is 8.78 Å². The third-order valence-corrected chi connectivity index (χ3v) is 1.98. The van der Waals surface area contributed by atoms with E-state index in [0.29, 0.717) is 5.56 Å². The van der Waals surface area contributed by atoms with E-state index in [1.807, 2.05) is 0 Å². The first-order valence-corrected chi connectivity index (χ1v) is 4.26. The van der Waals surface area contributed by atoms with Crippen molar-refractivity contribution in [3.05, 3.63) is 34.6 Å². The zero-order chi connectivity index (χ0) is 9.84. The van der Waals surface area contributed by atoms with Gasteiger partial charge in [0.1, 0.15) is 12.0 Å². The third kappa shape index (κ3) is 2.64. The van der Waals surface area contributed by atoms with E-state index in [1.165, 1.54) is 18.2 Å². The zero-order valence-corrected chi connectivity index (χ0v) is 7.91. The summed E-state index contributed by atoms with van der Waals surface area (Å²) in [5, 5.41) is 2.64. The molecule has 0 aliphatic rings.